The van der Waals surface area contributed by atoms with Crippen molar-refractivity contribution in [2.75, 3.05) is 29.4 Å². The Balaban J connectivity index is 1.75. The molecule has 0 saturated carbocycles. The van der Waals surface area contributed by atoms with Gasteiger partial charge < -0.3 is 9.80 Å². The molecule has 2 aromatic rings. The normalized spacial score (nSPS) is 19.3. The number of aryl methyl sites for hydroxylation is 1. The van der Waals surface area contributed by atoms with Crippen molar-refractivity contribution in [3.63, 3.8) is 0 Å². The molecular formula is C14H16F3N5S. The minimum absolute atomic E-state index is 0.118. The minimum atomic E-state index is -4.45. The lowest BCUT2D eigenvalue weighted by Crippen LogP contribution is -2.52. The highest BCUT2D eigenvalue weighted by molar-refractivity contribution is 7.13. The predicted octanol–water partition coefficient (Wildman–Crippen LogP) is 2.98. The fraction of sp³-hybridized carbons (Fsp3) is 0.500. The van der Waals surface area contributed by atoms with Crippen LogP contribution < -0.4 is 9.80 Å². The van der Waals surface area contributed by atoms with Gasteiger partial charge in [0.15, 0.2) is 5.13 Å². The lowest BCUT2D eigenvalue weighted by atomic mass is 10.2. The smallest absolute Gasteiger partial charge is 0.342 e. The SMILES string of the molecule is Cc1csc(N2CCN(c3nccc(C(F)(F)F)n3)C[C@H]2C)n1. The van der Waals surface area contributed by atoms with E-state index in [1.165, 1.54) is 0 Å². The van der Waals surface area contributed by atoms with Crippen LogP contribution in [0.25, 0.3) is 0 Å². The molecule has 1 atom stereocenters. The molecule has 1 saturated heterocycles. The molecule has 0 unspecified atom stereocenters. The first kappa shape index (κ1) is 16.0. The van der Waals surface area contributed by atoms with E-state index in [2.05, 4.69) is 19.9 Å². The second kappa shape index (κ2) is 5.95. The van der Waals surface area contributed by atoms with Crippen LogP contribution >= 0.6 is 11.3 Å². The van der Waals surface area contributed by atoms with Crippen molar-refractivity contribution in [3.05, 3.63) is 29.0 Å². The summed E-state index contributed by atoms with van der Waals surface area (Å²) >= 11 is 1.58. The number of hydrogen-bond donors (Lipinski definition) is 0. The molecule has 1 aliphatic rings. The fourth-order valence-corrected chi connectivity index (χ4v) is 3.49. The van der Waals surface area contributed by atoms with Crippen LogP contribution in [-0.4, -0.2) is 40.6 Å². The van der Waals surface area contributed by atoms with Crippen LogP contribution in [0.3, 0.4) is 0 Å². The second-order valence-corrected chi connectivity index (χ2v) is 6.34. The molecule has 5 nitrogen and oxygen atoms in total. The zero-order valence-corrected chi connectivity index (χ0v) is 13.5. The van der Waals surface area contributed by atoms with Crippen molar-refractivity contribution in [1.29, 1.82) is 0 Å². The Bertz CT molecular complexity index is 687. The van der Waals surface area contributed by atoms with Crippen molar-refractivity contribution in [3.8, 4) is 0 Å². The van der Waals surface area contributed by atoms with E-state index < -0.39 is 11.9 Å². The highest BCUT2D eigenvalue weighted by Crippen LogP contribution is 2.29. The third-order valence-corrected chi connectivity index (χ3v) is 4.69. The van der Waals surface area contributed by atoms with Gasteiger partial charge in [-0.15, -0.1) is 11.3 Å². The minimum Gasteiger partial charge on any atom is -0.342 e. The van der Waals surface area contributed by atoms with E-state index in [9.17, 15) is 13.2 Å². The van der Waals surface area contributed by atoms with Crippen molar-refractivity contribution in [2.24, 2.45) is 0 Å². The van der Waals surface area contributed by atoms with Gasteiger partial charge in [0.05, 0.1) is 5.69 Å². The van der Waals surface area contributed by atoms with Gasteiger partial charge >= 0.3 is 6.18 Å². The van der Waals surface area contributed by atoms with E-state index >= 15 is 0 Å². The summed E-state index contributed by atoms with van der Waals surface area (Å²) in [6.07, 6.45) is -3.30. The van der Waals surface area contributed by atoms with Crippen LogP contribution in [0, 0.1) is 6.92 Å². The number of piperazine rings is 1. The molecule has 0 aromatic carbocycles. The monoisotopic (exact) mass is 343 g/mol. The molecule has 1 aliphatic heterocycles. The van der Waals surface area contributed by atoms with Gasteiger partial charge in [-0.05, 0) is 19.9 Å². The number of halogens is 3. The Morgan fingerprint density at radius 2 is 2.04 bits per heavy atom. The van der Waals surface area contributed by atoms with Gasteiger partial charge in [-0.2, -0.15) is 13.2 Å². The van der Waals surface area contributed by atoms with Crippen LogP contribution in [0.4, 0.5) is 24.3 Å². The maximum atomic E-state index is 12.8. The molecule has 9 heteroatoms. The van der Waals surface area contributed by atoms with Gasteiger partial charge in [-0.25, -0.2) is 15.0 Å². The summed E-state index contributed by atoms with van der Waals surface area (Å²) in [6, 6.07) is 1.01. The van der Waals surface area contributed by atoms with E-state index in [0.29, 0.717) is 19.6 Å². The van der Waals surface area contributed by atoms with Gasteiger partial charge in [0.25, 0.3) is 0 Å². The highest BCUT2D eigenvalue weighted by atomic mass is 32.1. The van der Waals surface area contributed by atoms with Gasteiger partial charge in [0.2, 0.25) is 5.95 Å². The standard InChI is InChI=1S/C14H16F3N5S/c1-9-8-23-13(19-9)22-6-5-21(7-10(22)2)12-18-4-3-11(20-12)14(15,16)17/h3-4,8,10H,5-7H2,1-2H3/t10-/m1/s1. The van der Waals surface area contributed by atoms with Crippen molar-refractivity contribution < 1.29 is 13.2 Å². The maximum absolute atomic E-state index is 12.8. The summed E-state index contributed by atoms with van der Waals surface area (Å²) in [5.41, 5.74) is 0.0639. The summed E-state index contributed by atoms with van der Waals surface area (Å²) in [4.78, 5) is 16.1. The fourth-order valence-electron chi connectivity index (χ4n) is 2.56. The Labute approximate surface area is 135 Å². The number of nitrogens with zero attached hydrogens (tertiary/aromatic N) is 5. The molecule has 2 aromatic heterocycles. The molecule has 0 amide bonds. The largest absolute Gasteiger partial charge is 0.433 e. The van der Waals surface area contributed by atoms with E-state index in [0.717, 1.165) is 23.1 Å². The molecule has 0 aliphatic carbocycles. The lowest BCUT2D eigenvalue weighted by molar-refractivity contribution is -0.141. The Hall–Kier alpha value is -1.90. The molecular weight excluding hydrogens is 327 g/mol. The molecule has 3 heterocycles. The summed E-state index contributed by atoms with van der Waals surface area (Å²) in [6.45, 7) is 5.76. The number of aromatic nitrogens is 3. The van der Waals surface area contributed by atoms with E-state index in [4.69, 9.17) is 0 Å². The zero-order valence-electron chi connectivity index (χ0n) is 12.7. The summed E-state index contributed by atoms with van der Waals surface area (Å²) in [5, 5.41) is 2.93. The van der Waals surface area contributed by atoms with Gasteiger partial charge in [0, 0.05) is 37.3 Å². The van der Waals surface area contributed by atoms with Crippen LogP contribution in [0.15, 0.2) is 17.6 Å². The second-order valence-electron chi connectivity index (χ2n) is 5.50. The van der Waals surface area contributed by atoms with Crippen LogP contribution in [-0.2, 0) is 6.18 Å². The number of alkyl halides is 3. The van der Waals surface area contributed by atoms with Gasteiger partial charge in [-0.3, -0.25) is 0 Å². The molecule has 0 bridgehead atoms. The van der Waals surface area contributed by atoms with Gasteiger partial charge in [0.1, 0.15) is 5.69 Å². The molecule has 1 fully saturated rings. The first-order valence-electron chi connectivity index (χ1n) is 7.18. The predicted molar refractivity (Wildman–Crippen MR) is 82.9 cm³/mol. The van der Waals surface area contributed by atoms with Gasteiger partial charge in [-0.1, -0.05) is 0 Å². The van der Waals surface area contributed by atoms with E-state index in [1.54, 1.807) is 16.2 Å². The van der Waals surface area contributed by atoms with Crippen molar-refractivity contribution >= 4 is 22.4 Å². The molecule has 0 radical (unpaired) electrons. The number of rotatable bonds is 2. The summed E-state index contributed by atoms with van der Waals surface area (Å²) in [5.74, 6) is 0.127. The zero-order chi connectivity index (χ0) is 16.6. The Morgan fingerprint density at radius 3 is 2.65 bits per heavy atom. The maximum Gasteiger partial charge on any atom is 0.433 e. The van der Waals surface area contributed by atoms with E-state index in [1.807, 2.05) is 19.2 Å². The molecule has 0 spiro atoms. The third-order valence-electron chi connectivity index (χ3n) is 3.70. The quantitative estimate of drug-likeness (QED) is 0.839. The summed E-state index contributed by atoms with van der Waals surface area (Å²) in [7, 11) is 0. The number of anilines is 2. The van der Waals surface area contributed by atoms with Crippen molar-refractivity contribution in [2.45, 2.75) is 26.1 Å². The van der Waals surface area contributed by atoms with Crippen molar-refractivity contribution in [1.82, 2.24) is 15.0 Å². The molecule has 0 N–H and O–H groups in total. The average molecular weight is 343 g/mol. The topological polar surface area (TPSA) is 45.2 Å². The molecule has 23 heavy (non-hydrogen) atoms. The highest BCUT2D eigenvalue weighted by Gasteiger charge is 2.34. The molecule has 3 rings (SSSR count). The van der Waals surface area contributed by atoms with Crippen LogP contribution in [0.5, 0.6) is 0 Å². The number of hydrogen-bond acceptors (Lipinski definition) is 6. The lowest BCUT2D eigenvalue weighted by Gasteiger charge is -2.39. The first-order chi connectivity index (χ1) is 10.8. The first-order valence-corrected chi connectivity index (χ1v) is 8.06. The summed E-state index contributed by atoms with van der Waals surface area (Å²) < 4.78 is 38.3. The Kier molecular flexibility index (Phi) is 4.13. The Morgan fingerprint density at radius 1 is 1.26 bits per heavy atom. The van der Waals surface area contributed by atoms with E-state index in [-0.39, 0.29) is 12.0 Å². The molecule has 124 valence electrons. The average Bonchev–Trinajstić information content (AvgIpc) is 2.93. The third kappa shape index (κ3) is 3.39. The van der Waals surface area contributed by atoms with Crippen LogP contribution in [0.1, 0.15) is 18.3 Å². The van der Waals surface area contributed by atoms with Crippen LogP contribution in [0.2, 0.25) is 0 Å². The number of thiazole rings is 1.